The van der Waals surface area contributed by atoms with Crippen molar-refractivity contribution in [2.45, 2.75) is 59.0 Å². The molecule has 118 valence electrons. The summed E-state index contributed by atoms with van der Waals surface area (Å²) in [5.41, 5.74) is 0. The Morgan fingerprint density at radius 3 is 2.43 bits per heavy atom. The van der Waals surface area contributed by atoms with Crippen LogP contribution >= 0.6 is 0 Å². The van der Waals surface area contributed by atoms with Crippen molar-refractivity contribution in [2.75, 3.05) is 29.9 Å². The zero-order valence-corrected chi connectivity index (χ0v) is 13.4. The number of nitrogens with zero attached hydrogens (tertiary/aromatic N) is 4. The third kappa shape index (κ3) is 4.44. The molecule has 1 aliphatic carbocycles. The molecule has 1 aromatic rings. The number of nitrogens with one attached hydrogen (secondary N) is 1. The highest BCUT2D eigenvalue weighted by Gasteiger charge is 2.19. The quantitative estimate of drug-likeness (QED) is 0.795. The minimum absolute atomic E-state index is 0.260. The summed E-state index contributed by atoms with van der Waals surface area (Å²) < 4.78 is 5.95. The molecule has 0 aromatic carbocycles. The topological polar surface area (TPSA) is 63.2 Å². The van der Waals surface area contributed by atoms with E-state index in [4.69, 9.17) is 4.74 Å². The van der Waals surface area contributed by atoms with Crippen LogP contribution in [0.3, 0.4) is 0 Å². The van der Waals surface area contributed by atoms with Crippen molar-refractivity contribution in [1.82, 2.24) is 15.0 Å². The van der Waals surface area contributed by atoms with Gasteiger partial charge < -0.3 is 15.0 Å². The molecule has 0 unspecified atom stereocenters. The number of aromatic nitrogens is 3. The Morgan fingerprint density at radius 2 is 1.81 bits per heavy atom. The van der Waals surface area contributed by atoms with Gasteiger partial charge in [0, 0.05) is 19.6 Å². The van der Waals surface area contributed by atoms with E-state index in [2.05, 4.69) is 45.9 Å². The minimum atomic E-state index is 0.260. The molecule has 21 heavy (non-hydrogen) atoms. The molecule has 0 aliphatic heterocycles. The van der Waals surface area contributed by atoms with Gasteiger partial charge in [0.15, 0.2) is 0 Å². The molecular formula is C15H27N5O. The third-order valence-corrected chi connectivity index (χ3v) is 3.76. The number of hydrogen-bond acceptors (Lipinski definition) is 6. The lowest BCUT2D eigenvalue weighted by molar-refractivity contribution is 0.192. The van der Waals surface area contributed by atoms with E-state index in [0.717, 1.165) is 38.9 Å². The van der Waals surface area contributed by atoms with Crippen LogP contribution in [0.2, 0.25) is 0 Å². The Morgan fingerprint density at radius 1 is 1.10 bits per heavy atom. The minimum Gasteiger partial charge on any atom is -0.460 e. The fraction of sp³-hybridized carbons (Fsp3) is 0.800. The summed E-state index contributed by atoms with van der Waals surface area (Å²) in [5, 5.41) is 3.23. The normalized spacial score (nSPS) is 15.2. The molecule has 0 spiro atoms. The molecule has 1 N–H and O–H groups in total. The lowest BCUT2D eigenvalue weighted by Crippen LogP contribution is -2.25. The third-order valence-electron chi connectivity index (χ3n) is 3.76. The predicted octanol–water partition coefficient (Wildman–Crippen LogP) is 2.86. The molecular weight excluding hydrogens is 266 g/mol. The standard InChI is InChI=1S/C15H27N5O/c1-4-11-16-13-17-14(20(5-2)6-3)19-15(18-13)21-12-9-7-8-10-12/h12H,4-11H2,1-3H3,(H,16,17,18,19). The van der Waals surface area contributed by atoms with Crippen LogP contribution in [0.15, 0.2) is 0 Å². The van der Waals surface area contributed by atoms with E-state index in [-0.39, 0.29) is 6.10 Å². The number of rotatable bonds is 8. The Bertz CT molecular complexity index is 430. The van der Waals surface area contributed by atoms with E-state index in [9.17, 15) is 0 Å². The van der Waals surface area contributed by atoms with E-state index in [1.165, 1.54) is 12.8 Å². The summed E-state index contributed by atoms with van der Waals surface area (Å²) in [6.07, 6.45) is 5.97. The van der Waals surface area contributed by atoms with E-state index in [0.29, 0.717) is 17.9 Å². The molecule has 0 radical (unpaired) electrons. The van der Waals surface area contributed by atoms with Crippen molar-refractivity contribution in [3.63, 3.8) is 0 Å². The van der Waals surface area contributed by atoms with Crippen molar-refractivity contribution in [1.29, 1.82) is 0 Å². The van der Waals surface area contributed by atoms with E-state index >= 15 is 0 Å². The van der Waals surface area contributed by atoms with Crippen LogP contribution in [0.5, 0.6) is 6.01 Å². The fourth-order valence-electron chi connectivity index (χ4n) is 2.52. The first-order valence-electron chi connectivity index (χ1n) is 8.18. The molecule has 1 aliphatic rings. The Balaban J connectivity index is 2.18. The summed E-state index contributed by atoms with van der Waals surface area (Å²) in [4.78, 5) is 15.5. The second-order valence-electron chi connectivity index (χ2n) is 5.36. The van der Waals surface area contributed by atoms with Gasteiger partial charge in [-0.2, -0.15) is 15.0 Å². The second kappa shape index (κ2) is 8.00. The maximum atomic E-state index is 5.95. The van der Waals surface area contributed by atoms with Gasteiger partial charge in [0.1, 0.15) is 6.10 Å². The van der Waals surface area contributed by atoms with Crippen LogP contribution in [0, 0.1) is 0 Å². The molecule has 2 rings (SSSR count). The van der Waals surface area contributed by atoms with Gasteiger partial charge in [0.25, 0.3) is 0 Å². The van der Waals surface area contributed by atoms with E-state index < -0.39 is 0 Å². The van der Waals surface area contributed by atoms with Gasteiger partial charge in [-0.3, -0.25) is 0 Å². The smallest absolute Gasteiger partial charge is 0.323 e. The Labute approximate surface area is 127 Å². The second-order valence-corrected chi connectivity index (χ2v) is 5.36. The molecule has 1 fully saturated rings. The van der Waals surface area contributed by atoms with Gasteiger partial charge in [-0.25, -0.2) is 0 Å². The first kappa shape index (κ1) is 15.8. The zero-order chi connectivity index (χ0) is 15.1. The van der Waals surface area contributed by atoms with E-state index in [1.54, 1.807) is 0 Å². The average Bonchev–Trinajstić information content (AvgIpc) is 2.99. The Hall–Kier alpha value is -1.59. The van der Waals surface area contributed by atoms with E-state index in [1.807, 2.05) is 0 Å². The first-order valence-corrected chi connectivity index (χ1v) is 8.18. The summed E-state index contributed by atoms with van der Waals surface area (Å²) in [7, 11) is 0. The summed E-state index contributed by atoms with van der Waals surface area (Å²) in [6.45, 7) is 8.92. The van der Waals surface area contributed by atoms with Crippen LogP contribution in [-0.4, -0.2) is 40.7 Å². The number of hydrogen-bond donors (Lipinski definition) is 1. The van der Waals surface area contributed by atoms with Gasteiger partial charge in [-0.15, -0.1) is 0 Å². The molecule has 0 saturated heterocycles. The van der Waals surface area contributed by atoms with Gasteiger partial charge in [-0.05, 0) is 46.0 Å². The fourth-order valence-corrected chi connectivity index (χ4v) is 2.52. The van der Waals surface area contributed by atoms with Gasteiger partial charge >= 0.3 is 6.01 Å². The maximum absolute atomic E-state index is 5.95. The molecule has 0 amide bonds. The van der Waals surface area contributed by atoms with Crippen molar-refractivity contribution >= 4 is 11.9 Å². The Kier molecular flexibility index (Phi) is 6.02. The molecule has 0 bridgehead atoms. The van der Waals surface area contributed by atoms with Crippen LogP contribution in [0.25, 0.3) is 0 Å². The first-order chi connectivity index (χ1) is 10.3. The lowest BCUT2D eigenvalue weighted by Gasteiger charge is -2.20. The van der Waals surface area contributed by atoms with Crippen molar-refractivity contribution < 1.29 is 4.74 Å². The predicted molar refractivity (Wildman–Crippen MR) is 85.1 cm³/mol. The summed E-state index contributed by atoms with van der Waals surface area (Å²) in [5.74, 6) is 1.31. The highest BCUT2D eigenvalue weighted by molar-refractivity contribution is 5.38. The lowest BCUT2D eigenvalue weighted by atomic mass is 10.3. The summed E-state index contributed by atoms with van der Waals surface area (Å²) >= 11 is 0. The summed E-state index contributed by atoms with van der Waals surface area (Å²) in [6, 6.07) is 0.456. The molecule has 1 heterocycles. The number of anilines is 2. The van der Waals surface area contributed by atoms with Gasteiger partial charge in [0.2, 0.25) is 11.9 Å². The highest BCUT2D eigenvalue weighted by atomic mass is 16.5. The monoisotopic (exact) mass is 293 g/mol. The maximum Gasteiger partial charge on any atom is 0.323 e. The SMILES string of the molecule is CCCNc1nc(OC2CCCC2)nc(N(CC)CC)n1. The molecule has 1 saturated carbocycles. The molecule has 6 nitrogen and oxygen atoms in total. The molecule has 1 aromatic heterocycles. The zero-order valence-electron chi connectivity index (χ0n) is 13.4. The molecule has 6 heteroatoms. The van der Waals surface area contributed by atoms with Crippen molar-refractivity contribution in [2.24, 2.45) is 0 Å². The largest absolute Gasteiger partial charge is 0.460 e. The van der Waals surface area contributed by atoms with Crippen LogP contribution in [-0.2, 0) is 0 Å². The van der Waals surface area contributed by atoms with Crippen LogP contribution in [0.1, 0.15) is 52.9 Å². The van der Waals surface area contributed by atoms with Gasteiger partial charge in [-0.1, -0.05) is 6.92 Å². The average molecular weight is 293 g/mol. The molecule has 0 atom stereocenters. The van der Waals surface area contributed by atoms with Crippen LogP contribution < -0.4 is 15.0 Å². The van der Waals surface area contributed by atoms with Crippen molar-refractivity contribution in [3.8, 4) is 6.01 Å². The highest BCUT2D eigenvalue weighted by Crippen LogP contribution is 2.23. The van der Waals surface area contributed by atoms with Crippen molar-refractivity contribution in [3.05, 3.63) is 0 Å². The van der Waals surface area contributed by atoms with Crippen LogP contribution in [0.4, 0.5) is 11.9 Å². The number of ether oxygens (including phenoxy) is 1. The van der Waals surface area contributed by atoms with Gasteiger partial charge in [0.05, 0.1) is 0 Å².